The van der Waals surface area contributed by atoms with Gasteiger partial charge in [0.1, 0.15) is 0 Å². The molecule has 0 radical (unpaired) electrons. The van der Waals surface area contributed by atoms with Gasteiger partial charge in [-0.15, -0.1) is 0 Å². The van der Waals surface area contributed by atoms with Gasteiger partial charge in [-0.2, -0.15) is 0 Å². The summed E-state index contributed by atoms with van der Waals surface area (Å²) in [7, 11) is 1.01. The normalized spacial score (nSPS) is 11.2. The maximum Gasteiger partial charge on any atom is 0.304 e. The van der Waals surface area contributed by atoms with Crippen LogP contribution in [-0.2, 0) is 8.85 Å². The molecule has 0 aliphatic rings. The third-order valence-electron chi connectivity index (χ3n) is 0.694. The lowest BCUT2D eigenvalue weighted by Gasteiger charge is -1.98. The smallest absolute Gasteiger partial charge is 0.304 e. The molecule has 0 aromatic rings. The molecule has 0 aliphatic carbocycles. The first kappa shape index (κ1) is 8.10. The predicted molar refractivity (Wildman–Crippen MR) is 35.2 cm³/mol. The van der Waals surface area contributed by atoms with Gasteiger partial charge >= 0.3 is 10.0 Å². The molecule has 0 aromatic carbocycles. The predicted octanol–water partition coefficient (Wildman–Crippen LogP) is -1.00. The molecule has 0 spiro atoms. The van der Waals surface area contributed by atoms with Crippen molar-refractivity contribution in [2.75, 3.05) is 20.3 Å². The highest BCUT2D eigenvalue weighted by molar-refractivity contribution is 6.17. The first-order valence-corrected chi connectivity index (χ1v) is 3.84. The lowest BCUT2D eigenvalue weighted by atomic mass is 10.5. The van der Waals surface area contributed by atoms with Gasteiger partial charge in [-0.3, -0.25) is 0 Å². The van der Waals surface area contributed by atoms with E-state index in [1.165, 1.54) is 0 Å². The van der Waals surface area contributed by atoms with Crippen LogP contribution in [0.25, 0.3) is 0 Å². The monoisotopic (exact) mass is 135 g/mol. The molecule has 0 atom stereocenters. The third-order valence-corrected chi connectivity index (χ3v) is 1.39. The molecule has 2 N–H and O–H groups in total. The molecule has 4 heteroatoms. The van der Waals surface area contributed by atoms with Crippen LogP contribution in [-0.4, -0.2) is 30.3 Å². The van der Waals surface area contributed by atoms with Crippen molar-refractivity contribution in [2.24, 2.45) is 5.73 Å². The lowest BCUT2D eigenvalue weighted by Crippen LogP contribution is -2.07. The Morgan fingerprint density at radius 1 is 1.62 bits per heavy atom. The molecule has 0 saturated carbocycles. The standard InChI is InChI=1S/C4H13NO2Si/c1-6-8-7-4-2-3-5/h2-5,8H2,1H3. The van der Waals surface area contributed by atoms with Crippen molar-refractivity contribution in [1.29, 1.82) is 0 Å². The van der Waals surface area contributed by atoms with E-state index < -0.39 is 10.0 Å². The van der Waals surface area contributed by atoms with Gasteiger partial charge in [-0.05, 0) is 13.0 Å². The van der Waals surface area contributed by atoms with E-state index in [0.717, 1.165) is 13.0 Å². The summed E-state index contributed by atoms with van der Waals surface area (Å²) in [6, 6.07) is 0. The Morgan fingerprint density at radius 3 is 2.88 bits per heavy atom. The Bertz CT molecular complexity index is 39.0. The van der Waals surface area contributed by atoms with Crippen LogP contribution in [0.15, 0.2) is 0 Å². The van der Waals surface area contributed by atoms with Crippen molar-refractivity contribution in [3.63, 3.8) is 0 Å². The Morgan fingerprint density at radius 2 is 2.38 bits per heavy atom. The molecule has 0 fully saturated rings. The summed E-state index contributed by atoms with van der Waals surface area (Å²) >= 11 is 0. The summed E-state index contributed by atoms with van der Waals surface area (Å²) < 4.78 is 9.82. The quantitative estimate of drug-likeness (QED) is 0.388. The van der Waals surface area contributed by atoms with Crippen molar-refractivity contribution in [3.05, 3.63) is 0 Å². The summed E-state index contributed by atoms with van der Waals surface area (Å²) in [6.07, 6.45) is 0.941. The molecule has 0 bridgehead atoms. The molecular weight excluding hydrogens is 122 g/mol. The topological polar surface area (TPSA) is 44.5 Å². The highest BCUT2D eigenvalue weighted by Gasteiger charge is 1.83. The van der Waals surface area contributed by atoms with Crippen LogP contribution in [0, 0.1) is 0 Å². The van der Waals surface area contributed by atoms with Crippen molar-refractivity contribution < 1.29 is 8.85 Å². The first-order valence-electron chi connectivity index (χ1n) is 2.68. The SMILES string of the molecule is CO[SiH2]OCCCN. The molecule has 0 aromatic heterocycles. The average molecular weight is 135 g/mol. The number of rotatable bonds is 5. The molecule has 3 nitrogen and oxygen atoms in total. The van der Waals surface area contributed by atoms with E-state index in [-0.39, 0.29) is 0 Å². The van der Waals surface area contributed by atoms with Crippen LogP contribution in [0.5, 0.6) is 0 Å². The lowest BCUT2D eigenvalue weighted by molar-refractivity contribution is 0.254. The van der Waals surface area contributed by atoms with E-state index in [2.05, 4.69) is 0 Å². The molecule has 0 amide bonds. The van der Waals surface area contributed by atoms with Gasteiger partial charge < -0.3 is 14.6 Å². The fourth-order valence-corrected chi connectivity index (χ4v) is 0.816. The van der Waals surface area contributed by atoms with Crippen molar-refractivity contribution in [3.8, 4) is 0 Å². The summed E-state index contributed by atoms with van der Waals surface area (Å²) in [4.78, 5) is 0. The second kappa shape index (κ2) is 7.10. The zero-order valence-corrected chi connectivity index (χ0v) is 6.64. The van der Waals surface area contributed by atoms with E-state index in [1.54, 1.807) is 7.11 Å². The molecule has 8 heavy (non-hydrogen) atoms. The number of nitrogens with two attached hydrogens (primary N) is 1. The van der Waals surface area contributed by atoms with Gasteiger partial charge in [-0.25, -0.2) is 0 Å². The summed E-state index contributed by atoms with van der Waals surface area (Å²) in [5, 5.41) is 0. The van der Waals surface area contributed by atoms with Gasteiger partial charge in [0.15, 0.2) is 0 Å². The second-order valence-electron chi connectivity index (χ2n) is 1.46. The molecule has 50 valence electrons. The molecule has 0 rings (SSSR count). The van der Waals surface area contributed by atoms with Crippen molar-refractivity contribution in [1.82, 2.24) is 0 Å². The fourth-order valence-electron chi connectivity index (χ4n) is 0.328. The molecule has 0 aliphatic heterocycles. The zero-order valence-electron chi connectivity index (χ0n) is 5.22. The largest absolute Gasteiger partial charge is 0.402 e. The maximum atomic E-state index is 5.21. The van der Waals surface area contributed by atoms with Gasteiger partial charge in [0.2, 0.25) is 0 Å². The van der Waals surface area contributed by atoms with Crippen molar-refractivity contribution >= 4 is 10.0 Å². The fraction of sp³-hybridized carbons (Fsp3) is 1.00. The highest BCUT2D eigenvalue weighted by atomic mass is 28.3. The van der Waals surface area contributed by atoms with Gasteiger partial charge in [0.05, 0.1) is 0 Å². The molecule has 0 unspecified atom stereocenters. The van der Waals surface area contributed by atoms with E-state index in [1.807, 2.05) is 0 Å². The Kier molecular flexibility index (Phi) is 7.18. The van der Waals surface area contributed by atoms with Crippen LogP contribution in [0.4, 0.5) is 0 Å². The highest BCUT2D eigenvalue weighted by Crippen LogP contribution is 1.75. The van der Waals surface area contributed by atoms with Crippen molar-refractivity contribution in [2.45, 2.75) is 6.42 Å². The minimum Gasteiger partial charge on any atom is -0.402 e. The average Bonchev–Trinajstić information content (AvgIpc) is 1.81. The van der Waals surface area contributed by atoms with E-state index in [9.17, 15) is 0 Å². The Balaban J connectivity index is 2.53. The van der Waals surface area contributed by atoms with E-state index in [4.69, 9.17) is 14.6 Å². The minimum atomic E-state index is -0.654. The van der Waals surface area contributed by atoms with Crippen LogP contribution >= 0.6 is 0 Å². The van der Waals surface area contributed by atoms with E-state index in [0.29, 0.717) is 6.54 Å². The zero-order chi connectivity index (χ0) is 6.24. The van der Waals surface area contributed by atoms with Crippen LogP contribution in [0.3, 0.4) is 0 Å². The Labute approximate surface area is 52.2 Å². The number of hydrogen-bond donors (Lipinski definition) is 1. The van der Waals surface area contributed by atoms with Crippen LogP contribution in [0.1, 0.15) is 6.42 Å². The van der Waals surface area contributed by atoms with Crippen LogP contribution < -0.4 is 5.73 Å². The van der Waals surface area contributed by atoms with Gasteiger partial charge in [0.25, 0.3) is 0 Å². The summed E-state index contributed by atoms with van der Waals surface area (Å²) in [5.41, 5.74) is 5.21. The summed E-state index contributed by atoms with van der Waals surface area (Å²) in [5.74, 6) is 0. The first-order chi connectivity index (χ1) is 3.91. The minimum absolute atomic E-state index is 0.654. The second-order valence-corrected chi connectivity index (χ2v) is 2.68. The van der Waals surface area contributed by atoms with Crippen LogP contribution in [0.2, 0.25) is 0 Å². The maximum absolute atomic E-state index is 5.21. The third kappa shape index (κ3) is 6.10. The van der Waals surface area contributed by atoms with E-state index >= 15 is 0 Å². The molecular formula is C4H13NO2Si. The Hall–Kier alpha value is 0.0969. The molecule has 0 heterocycles. The summed E-state index contributed by atoms with van der Waals surface area (Å²) in [6.45, 7) is 1.47. The molecule has 0 saturated heterocycles. The number of hydrogen-bond acceptors (Lipinski definition) is 3. The van der Waals surface area contributed by atoms with Gasteiger partial charge in [-0.1, -0.05) is 0 Å². The van der Waals surface area contributed by atoms with Gasteiger partial charge in [0, 0.05) is 13.7 Å².